The summed E-state index contributed by atoms with van der Waals surface area (Å²) in [6.45, 7) is 2.05. The first-order valence-corrected chi connectivity index (χ1v) is 8.56. The summed E-state index contributed by atoms with van der Waals surface area (Å²) >= 11 is 0. The second kappa shape index (κ2) is 8.28. The number of likely N-dealkylation sites (tertiary alicyclic amines) is 1. The van der Waals surface area contributed by atoms with E-state index < -0.39 is 0 Å². The molecular formula is C19H22N4O2. The number of hydrogen-bond donors (Lipinski definition) is 1. The number of nitrogens with zero attached hydrogens (tertiary/aromatic N) is 3. The Morgan fingerprint density at radius 2 is 1.92 bits per heavy atom. The first-order chi connectivity index (χ1) is 12.2. The van der Waals surface area contributed by atoms with Crippen molar-refractivity contribution < 1.29 is 9.59 Å². The van der Waals surface area contributed by atoms with Crippen molar-refractivity contribution in [2.45, 2.75) is 19.3 Å². The zero-order chi connectivity index (χ0) is 17.5. The lowest BCUT2D eigenvalue weighted by Gasteiger charge is -2.14. The molecule has 6 nitrogen and oxygen atoms in total. The van der Waals surface area contributed by atoms with Crippen LogP contribution in [0, 0.1) is 0 Å². The highest BCUT2D eigenvalue weighted by molar-refractivity contribution is 5.91. The summed E-state index contributed by atoms with van der Waals surface area (Å²) in [5.74, 6) is -0.0902. The number of para-hydroxylation sites is 1. The van der Waals surface area contributed by atoms with E-state index in [-0.39, 0.29) is 11.8 Å². The fourth-order valence-corrected chi connectivity index (χ4v) is 2.79. The molecule has 0 radical (unpaired) electrons. The van der Waals surface area contributed by atoms with Crippen LogP contribution in [0.25, 0.3) is 11.8 Å². The molecule has 1 saturated heterocycles. The highest BCUT2D eigenvalue weighted by Gasteiger charge is 2.17. The van der Waals surface area contributed by atoms with Crippen LogP contribution in [0.1, 0.15) is 24.8 Å². The molecule has 130 valence electrons. The van der Waals surface area contributed by atoms with Crippen LogP contribution >= 0.6 is 0 Å². The van der Waals surface area contributed by atoms with Crippen LogP contribution in [0.4, 0.5) is 0 Å². The fraction of sp³-hybridized carbons (Fsp3) is 0.316. The first-order valence-electron chi connectivity index (χ1n) is 8.56. The number of nitrogens with one attached hydrogen (secondary N) is 1. The van der Waals surface area contributed by atoms with E-state index in [2.05, 4.69) is 10.4 Å². The van der Waals surface area contributed by atoms with Crippen molar-refractivity contribution in [1.29, 1.82) is 0 Å². The van der Waals surface area contributed by atoms with E-state index in [4.69, 9.17) is 0 Å². The van der Waals surface area contributed by atoms with Gasteiger partial charge in [0.1, 0.15) is 0 Å². The number of benzene rings is 1. The van der Waals surface area contributed by atoms with Crippen LogP contribution in [-0.4, -0.2) is 46.1 Å². The Hall–Kier alpha value is -2.89. The van der Waals surface area contributed by atoms with Crippen LogP contribution in [0.3, 0.4) is 0 Å². The molecule has 0 bridgehead atoms. The van der Waals surface area contributed by atoms with Gasteiger partial charge in [-0.1, -0.05) is 18.2 Å². The van der Waals surface area contributed by atoms with Gasteiger partial charge in [-0.25, -0.2) is 4.68 Å². The van der Waals surface area contributed by atoms with Crippen molar-refractivity contribution >= 4 is 17.9 Å². The second-order valence-corrected chi connectivity index (χ2v) is 6.02. The summed E-state index contributed by atoms with van der Waals surface area (Å²) in [5.41, 5.74) is 1.80. The minimum absolute atomic E-state index is 0.117. The van der Waals surface area contributed by atoms with Gasteiger partial charge in [-0.15, -0.1) is 0 Å². The molecule has 2 heterocycles. The van der Waals surface area contributed by atoms with Gasteiger partial charge in [0, 0.05) is 43.9 Å². The molecule has 25 heavy (non-hydrogen) atoms. The fourth-order valence-electron chi connectivity index (χ4n) is 2.79. The van der Waals surface area contributed by atoms with Crippen LogP contribution in [0.15, 0.2) is 48.8 Å². The summed E-state index contributed by atoms with van der Waals surface area (Å²) in [6, 6.07) is 9.77. The minimum Gasteiger partial charge on any atom is -0.352 e. The lowest BCUT2D eigenvalue weighted by Crippen LogP contribution is -2.32. The number of hydrogen-bond acceptors (Lipinski definition) is 3. The third kappa shape index (κ3) is 4.79. The van der Waals surface area contributed by atoms with Gasteiger partial charge in [-0.3, -0.25) is 9.59 Å². The summed E-state index contributed by atoms with van der Waals surface area (Å²) in [6.07, 6.45) is 9.25. The number of carbonyl (C=O) groups is 2. The smallest absolute Gasteiger partial charge is 0.244 e. The van der Waals surface area contributed by atoms with Gasteiger partial charge in [-0.05, 0) is 31.1 Å². The Kier molecular flexibility index (Phi) is 5.61. The zero-order valence-electron chi connectivity index (χ0n) is 14.1. The quantitative estimate of drug-likeness (QED) is 0.820. The molecule has 3 rings (SSSR count). The van der Waals surface area contributed by atoms with Crippen molar-refractivity contribution in [3.8, 4) is 5.69 Å². The second-order valence-electron chi connectivity index (χ2n) is 6.02. The van der Waals surface area contributed by atoms with E-state index in [1.807, 2.05) is 41.4 Å². The van der Waals surface area contributed by atoms with Gasteiger partial charge in [0.25, 0.3) is 0 Å². The lowest BCUT2D eigenvalue weighted by atomic mass is 10.3. The van der Waals surface area contributed by atoms with Gasteiger partial charge in [0.05, 0.1) is 11.9 Å². The van der Waals surface area contributed by atoms with Gasteiger partial charge < -0.3 is 10.2 Å². The van der Waals surface area contributed by atoms with E-state index in [0.717, 1.165) is 37.2 Å². The Morgan fingerprint density at radius 1 is 1.16 bits per heavy atom. The maximum atomic E-state index is 11.9. The predicted molar refractivity (Wildman–Crippen MR) is 96.0 cm³/mol. The molecule has 0 spiro atoms. The van der Waals surface area contributed by atoms with Crippen LogP contribution < -0.4 is 5.32 Å². The molecule has 1 aromatic carbocycles. The van der Waals surface area contributed by atoms with E-state index in [0.29, 0.717) is 13.0 Å². The van der Waals surface area contributed by atoms with E-state index in [9.17, 15) is 9.59 Å². The first kappa shape index (κ1) is 17.0. The monoisotopic (exact) mass is 338 g/mol. The highest BCUT2D eigenvalue weighted by Crippen LogP contribution is 2.09. The van der Waals surface area contributed by atoms with Crippen molar-refractivity contribution in [2.24, 2.45) is 0 Å². The topological polar surface area (TPSA) is 67.2 Å². The lowest BCUT2D eigenvalue weighted by molar-refractivity contribution is -0.130. The molecule has 2 amide bonds. The summed E-state index contributed by atoms with van der Waals surface area (Å²) in [7, 11) is 0. The van der Waals surface area contributed by atoms with Gasteiger partial charge in [0.15, 0.2) is 0 Å². The normalized spacial score (nSPS) is 14.2. The Labute approximate surface area is 147 Å². The van der Waals surface area contributed by atoms with Gasteiger partial charge >= 0.3 is 0 Å². The molecule has 1 aromatic heterocycles. The molecule has 0 aliphatic carbocycles. The molecule has 0 unspecified atom stereocenters. The van der Waals surface area contributed by atoms with Crippen molar-refractivity contribution in [3.05, 3.63) is 54.4 Å². The standard InChI is InChI=1S/C19H22N4O2/c24-18(20-11-10-19(25)22-12-4-5-13-22)9-8-16-14-21-23(15-16)17-6-2-1-3-7-17/h1-3,6-9,14-15H,4-5,10-13H2,(H,20,24)/b9-8+. The van der Waals surface area contributed by atoms with E-state index in [1.54, 1.807) is 17.0 Å². The van der Waals surface area contributed by atoms with Crippen molar-refractivity contribution in [1.82, 2.24) is 20.0 Å². The third-order valence-corrected chi connectivity index (χ3v) is 4.15. The van der Waals surface area contributed by atoms with Crippen molar-refractivity contribution in [2.75, 3.05) is 19.6 Å². The molecule has 0 saturated carbocycles. The third-order valence-electron chi connectivity index (χ3n) is 4.15. The van der Waals surface area contributed by atoms with Crippen LogP contribution in [0.2, 0.25) is 0 Å². The Balaban J connectivity index is 1.45. The molecule has 6 heteroatoms. The molecule has 2 aromatic rings. The number of aromatic nitrogens is 2. The summed E-state index contributed by atoms with van der Waals surface area (Å²) in [5, 5.41) is 7.02. The SMILES string of the molecule is O=C(/C=C/c1cnn(-c2ccccc2)c1)NCCC(=O)N1CCCC1. The molecule has 1 aliphatic heterocycles. The Bertz CT molecular complexity index is 746. The largest absolute Gasteiger partial charge is 0.352 e. The maximum absolute atomic E-state index is 11.9. The number of amides is 2. The molecule has 1 aliphatic rings. The minimum atomic E-state index is -0.207. The average Bonchev–Trinajstić information content (AvgIpc) is 3.32. The van der Waals surface area contributed by atoms with Crippen LogP contribution in [0.5, 0.6) is 0 Å². The highest BCUT2D eigenvalue weighted by atomic mass is 16.2. The van der Waals surface area contributed by atoms with E-state index in [1.165, 1.54) is 6.08 Å². The average molecular weight is 338 g/mol. The van der Waals surface area contributed by atoms with Gasteiger partial charge in [0.2, 0.25) is 11.8 Å². The predicted octanol–water partition coefficient (Wildman–Crippen LogP) is 2.01. The molecule has 0 atom stereocenters. The van der Waals surface area contributed by atoms with E-state index >= 15 is 0 Å². The number of carbonyl (C=O) groups excluding carboxylic acids is 2. The van der Waals surface area contributed by atoms with Gasteiger partial charge in [-0.2, -0.15) is 5.10 Å². The summed E-state index contributed by atoms with van der Waals surface area (Å²) in [4.78, 5) is 25.6. The summed E-state index contributed by atoms with van der Waals surface area (Å²) < 4.78 is 1.76. The molecular weight excluding hydrogens is 316 g/mol. The Morgan fingerprint density at radius 3 is 2.68 bits per heavy atom. The molecule has 1 N–H and O–H groups in total. The van der Waals surface area contributed by atoms with Crippen LogP contribution in [-0.2, 0) is 9.59 Å². The zero-order valence-corrected chi connectivity index (χ0v) is 14.1. The van der Waals surface area contributed by atoms with Crippen molar-refractivity contribution in [3.63, 3.8) is 0 Å². The number of rotatable bonds is 6. The molecule has 1 fully saturated rings. The maximum Gasteiger partial charge on any atom is 0.244 e.